The maximum absolute atomic E-state index is 5.53. The van der Waals surface area contributed by atoms with Gasteiger partial charge in [-0.15, -0.1) is 15.3 Å². The van der Waals surface area contributed by atoms with Gasteiger partial charge in [-0.25, -0.2) is 0 Å². The van der Waals surface area contributed by atoms with E-state index in [4.69, 9.17) is 4.74 Å². The normalized spacial score (nSPS) is 16.9. The number of hydrogen-bond acceptors (Lipinski definition) is 6. The molecule has 7 heteroatoms. The third kappa shape index (κ3) is 3.52. The quantitative estimate of drug-likeness (QED) is 0.576. The number of nitrogens with one attached hydrogen (secondary N) is 1. The van der Waals surface area contributed by atoms with Gasteiger partial charge in [-0.3, -0.25) is 0 Å². The average molecular weight is 386 g/mol. The van der Waals surface area contributed by atoms with E-state index in [1.165, 1.54) is 5.69 Å². The van der Waals surface area contributed by atoms with E-state index in [1.807, 2.05) is 42.5 Å². The fourth-order valence-electron chi connectivity index (χ4n) is 3.62. The molecule has 1 N–H and O–H groups in total. The van der Waals surface area contributed by atoms with Crippen LogP contribution in [0.2, 0.25) is 0 Å². The lowest BCUT2D eigenvalue weighted by Crippen LogP contribution is -2.43. The molecule has 0 bridgehead atoms. The van der Waals surface area contributed by atoms with E-state index in [1.54, 1.807) is 4.52 Å². The highest BCUT2D eigenvalue weighted by Gasteiger charge is 2.18. The highest BCUT2D eigenvalue weighted by molar-refractivity contribution is 5.63. The zero-order valence-corrected chi connectivity index (χ0v) is 16.2. The van der Waals surface area contributed by atoms with Gasteiger partial charge in [0.1, 0.15) is 0 Å². The molecular formula is C22H22N6O. The second kappa shape index (κ2) is 7.52. The molecule has 1 atom stereocenters. The Morgan fingerprint density at radius 2 is 1.79 bits per heavy atom. The van der Waals surface area contributed by atoms with E-state index in [9.17, 15) is 0 Å². The minimum absolute atomic E-state index is 0.386. The molecule has 1 saturated heterocycles. The highest BCUT2D eigenvalue weighted by Crippen LogP contribution is 2.24. The molecule has 2 aromatic heterocycles. The van der Waals surface area contributed by atoms with Gasteiger partial charge < -0.3 is 15.0 Å². The largest absolute Gasteiger partial charge is 0.377 e. The molecular weight excluding hydrogens is 364 g/mol. The van der Waals surface area contributed by atoms with E-state index < -0.39 is 0 Å². The first-order valence-electron chi connectivity index (χ1n) is 9.77. The van der Waals surface area contributed by atoms with Crippen molar-refractivity contribution in [2.45, 2.75) is 13.0 Å². The van der Waals surface area contributed by atoms with Gasteiger partial charge >= 0.3 is 0 Å². The first-order chi connectivity index (χ1) is 14.3. The molecule has 0 saturated carbocycles. The Morgan fingerprint density at radius 1 is 0.966 bits per heavy atom. The van der Waals surface area contributed by atoms with Gasteiger partial charge in [0.2, 0.25) is 0 Å². The van der Waals surface area contributed by atoms with Crippen LogP contribution in [0, 0.1) is 0 Å². The summed E-state index contributed by atoms with van der Waals surface area (Å²) < 4.78 is 7.30. The standard InChI is InChI=1S/C22H22N6O/c1-16-15-29-14-13-27(16)19-9-7-18(8-10-19)23-20-11-12-21-24-25-22(28(21)26-20)17-5-3-2-4-6-17/h2-12,16H,13-15H2,1H3,(H,23,26). The molecule has 7 nitrogen and oxygen atoms in total. The zero-order chi connectivity index (χ0) is 19.6. The molecule has 0 spiro atoms. The summed E-state index contributed by atoms with van der Waals surface area (Å²) in [7, 11) is 0. The maximum Gasteiger partial charge on any atom is 0.185 e. The number of benzene rings is 2. The van der Waals surface area contributed by atoms with E-state index in [2.05, 4.69) is 56.7 Å². The summed E-state index contributed by atoms with van der Waals surface area (Å²) in [5.41, 5.74) is 3.88. The molecule has 29 heavy (non-hydrogen) atoms. The Bertz CT molecular complexity index is 1110. The molecule has 1 aliphatic heterocycles. The number of ether oxygens (including phenoxy) is 1. The Labute approximate surface area is 169 Å². The van der Waals surface area contributed by atoms with Crippen molar-refractivity contribution in [3.8, 4) is 11.4 Å². The van der Waals surface area contributed by atoms with Crippen LogP contribution in [0.15, 0.2) is 66.7 Å². The molecule has 1 fully saturated rings. The molecule has 3 heterocycles. The number of morpholine rings is 1. The number of rotatable bonds is 4. The van der Waals surface area contributed by atoms with Crippen molar-refractivity contribution in [2.75, 3.05) is 30.0 Å². The summed E-state index contributed by atoms with van der Waals surface area (Å²) in [6.45, 7) is 4.65. The minimum Gasteiger partial charge on any atom is -0.377 e. The smallest absolute Gasteiger partial charge is 0.185 e. The van der Waals surface area contributed by atoms with Crippen LogP contribution in [0.1, 0.15) is 6.92 Å². The third-order valence-electron chi connectivity index (χ3n) is 5.13. The number of anilines is 3. The Morgan fingerprint density at radius 3 is 2.59 bits per heavy atom. The minimum atomic E-state index is 0.386. The first kappa shape index (κ1) is 17.6. The van der Waals surface area contributed by atoms with E-state index in [-0.39, 0.29) is 0 Å². The summed E-state index contributed by atoms with van der Waals surface area (Å²) >= 11 is 0. The third-order valence-corrected chi connectivity index (χ3v) is 5.13. The van der Waals surface area contributed by atoms with Crippen molar-refractivity contribution >= 4 is 22.8 Å². The fraction of sp³-hybridized carbons (Fsp3) is 0.227. The number of hydrogen-bond donors (Lipinski definition) is 1. The molecule has 0 amide bonds. The molecule has 5 rings (SSSR count). The number of aromatic nitrogens is 4. The van der Waals surface area contributed by atoms with Crippen LogP contribution < -0.4 is 10.2 Å². The maximum atomic E-state index is 5.53. The predicted molar refractivity (Wildman–Crippen MR) is 114 cm³/mol. The summed E-state index contributed by atoms with van der Waals surface area (Å²) in [4.78, 5) is 2.38. The van der Waals surface area contributed by atoms with Crippen LogP contribution in [0.5, 0.6) is 0 Å². The van der Waals surface area contributed by atoms with E-state index in [0.29, 0.717) is 11.7 Å². The van der Waals surface area contributed by atoms with Crippen LogP contribution in [0.4, 0.5) is 17.2 Å². The van der Waals surface area contributed by atoms with Crippen LogP contribution in [-0.4, -0.2) is 45.6 Å². The molecule has 146 valence electrons. The van der Waals surface area contributed by atoms with Crippen molar-refractivity contribution in [2.24, 2.45) is 0 Å². The number of nitrogens with zero attached hydrogens (tertiary/aromatic N) is 5. The van der Waals surface area contributed by atoms with Crippen molar-refractivity contribution in [3.05, 3.63) is 66.7 Å². The van der Waals surface area contributed by atoms with E-state index >= 15 is 0 Å². The summed E-state index contributed by atoms with van der Waals surface area (Å²) in [5.74, 6) is 1.46. The second-order valence-electron chi connectivity index (χ2n) is 7.17. The van der Waals surface area contributed by atoms with Gasteiger partial charge in [-0.05, 0) is 43.3 Å². The van der Waals surface area contributed by atoms with E-state index in [0.717, 1.165) is 42.7 Å². The first-order valence-corrected chi connectivity index (χ1v) is 9.77. The molecule has 0 radical (unpaired) electrons. The summed E-state index contributed by atoms with van der Waals surface area (Å²) in [6.07, 6.45) is 0. The van der Waals surface area contributed by atoms with Gasteiger partial charge in [0.05, 0.1) is 13.2 Å². The molecule has 1 aliphatic rings. The molecule has 2 aromatic carbocycles. The lowest BCUT2D eigenvalue weighted by atomic mass is 10.2. The lowest BCUT2D eigenvalue weighted by molar-refractivity contribution is 0.0989. The highest BCUT2D eigenvalue weighted by atomic mass is 16.5. The van der Waals surface area contributed by atoms with Gasteiger partial charge in [-0.1, -0.05) is 30.3 Å². The Kier molecular flexibility index (Phi) is 4.57. The van der Waals surface area contributed by atoms with Crippen LogP contribution in [0.3, 0.4) is 0 Å². The van der Waals surface area contributed by atoms with Crippen molar-refractivity contribution < 1.29 is 4.74 Å². The van der Waals surface area contributed by atoms with Gasteiger partial charge in [0.25, 0.3) is 0 Å². The fourth-order valence-corrected chi connectivity index (χ4v) is 3.62. The van der Waals surface area contributed by atoms with Crippen LogP contribution in [0.25, 0.3) is 17.0 Å². The SMILES string of the molecule is CC1COCCN1c1ccc(Nc2ccc3nnc(-c4ccccc4)n3n2)cc1. The predicted octanol–water partition coefficient (Wildman–Crippen LogP) is 3.76. The van der Waals surface area contributed by atoms with Crippen molar-refractivity contribution in [3.63, 3.8) is 0 Å². The lowest BCUT2D eigenvalue weighted by Gasteiger charge is -2.35. The van der Waals surface area contributed by atoms with Crippen LogP contribution >= 0.6 is 0 Å². The number of fused-ring (bicyclic) bond motifs is 1. The topological polar surface area (TPSA) is 67.6 Å². The average Bonchev–Trinajstić information content (AvgIpc) is 3.19. The van der Waals surface area contributed by atoms with Gasteiger partial charge in [0.15, 0.2) is 17.3 Å². The van der Waals surface area contributed by atoms with Crippen molar-refractivity contribution in [1.82, 2.24) is 19.8 Å². The monoisotopic (exact) mass is 386 g/mol. The van der Waals surface area contributed by atoms with Crippen LogP contribution in [-0.2, 0) is 4.74 Å². The van der Waals surface area contributed by atoms with Crippen molar-refractivity contribution in [1.29, 1.82) is 0 Å². The second-order valence-corrected chi connectivity index (χ2v) is 7.17. The zero-order valence-electron chi connectivity index (χ0n) is 16.2. The molecule has 0 aliphatic carbocycles. The van der Waals surface area contributed by atoms with Gasteiger partial charge in [-0.2, -0.15) is 4.52 Å². The Hall–Kier alpha value is -3.45. The molecule has 4 aromatic rings. The Balaban J connectivity index is 1.39. The molecule has 1 unspecified atom stereocenters. The summed E-state index contributed by atoms with van der Waals surface area (Å²) in [5, 5.41) is 16.6. The summed E-state index contributed by atoms with van der Waals surface area (Å²) in [6, 6.07) is 22.6. The van der Waals surface area contributed by atoms with Gasteiger partial charge in [0, 0.05) is 29.5 Å².